The van der Waals surface area contributed by atoms with Gasteiger partial charge in [0.05, 0.1) is 23.2 Å². The van der Waals surface area contributed by atoms with Crippen molar-refractivity contribution in [2.24, 2.45) is 18.7 Å². The number of benzene rings is 4. The number of amides is 5. The molecule has 4 aromatic carbocycles. The van der Waals surface area contributed by atoms with Crippen LogP contribution in [0.2, 0.25) is 5.02 Å². The van der Waals surface area contributed by atoms with Crippen LogP contribution < -0.4 is 30.7 Å². The first-order valence-electron chi connectivity index (χ1n) is 25.5. The lowest BCUT2D eigenvalue weighted by Crippen LogP contribution is -2.52. The summed E-state index contributed by atoms with van der Waals surface area (Å²) in [5.41, 5.74) is 7.93. The van der Waals surface area contributed by atoms with Crippen LogP contribution in [0.25, 0.3) is 22.0 Å². The van der Waals surface area contributed by atoms with Gasteiger partial charge in [0.2, 0.25) is 17.7 Å². The Bertz CT molecular complexity index is 2900. The average Bonchev–Trinajstić information content (AvgIpc) is 3.86. The molecule has 1 aromatic heterocycles. The molecule has 1 saturated carbocycles. The van der Waals surface area contributed by atoms with Crippen LogP contribution in [0.1, 0.15) is 116 Å². The van der Waals surface area contributed by atoms with Crippen molar-refractivity contribution in [3.63, 3.8) is 0 Å². The van der Waals surface area contributed by atoms with Gasteiger partial charge in [0.15, 0.2) is 17.4 Å². The number of methoxy groups -OCH3 is 1. The lowest BCUT2D eigenvalue weighted by atomic mass is 9.75. The maximum absolute atomic E-state index is 16.3. The second-order valence-electron chi connectivity index (χ2n) is 20.4. The van der Waals surface area contributed by atoms with E-state index < -0.39 is 35.1 Å². The minimum atomic E-state index is -1.01. The summed E-state index contributed by atoms with van der Waals surface area (Å²) in [4.78, 5) is 57.7. The minimum absolute atomic E-state index is 0.0123. The summed E-state index contributed by atoms with van der Waals surface area (Å²) in [6.07, 6.45) is 9.23. The first-order chi connectivity index (χ1) is 34.8. The van der Waals surface area contributed by atoms with Gasteiger partial charge in [-0.15, -0.1) is 0 Å². The van der Waals surface area contributed by atoms with Crippen LogP contribution >= 0.6 is 11.6 Å². The quantitative estimate of drug-likeness (QED) is 0.105. The highest BCUT2D eigenvalue weighted by Gasteiger charge is 2.50. The maximum Gasteiger partial charge on any atom is 0.329 e. The molecule has 0 radical (unpaired) electrons. The van der Waals surface area contributed by atoms with E-state index in [9.17, 15) is 19.2 Å². The third kappa shape index (κ3) is 9.19. The summed E-state index contributed by atoms with van der Waals surface area (Å²) in [7, 11) is 3.20. The number of hydrogen-bond donors (Lipinski definition) is 3. The number of ether oxygens (including phenoxy) is 2. The summed E-state index contributed by atoms with van der Waals surface area (Å²) in [6.45, 7) is 6.41. The van der Waals surface area contributed by atoms with Gasteiger partial charge in [0, 0.05) is 91.6 Å². The molecule has 4 fully saturated rings. The Morgan fingerprint density at radius 1 is 0.944 bits per heavy atom. The van der Waals surface area contributed by atoms with Gasteiger partial charge < -0.3 is 30.3 Å². The summed E-state index contributed by atoms with van der Waals surface area (Å²) in [5.74, 6) is -2.04. The molecule has 0 bridgehead atoms. The molecule has 3 saturated heterocycles. The highest BCUT2D eigenvalue weighted by molar-refractivity contribution is 6.34. The van der Waals surface area contributed by atoms with Gasteiger partial charge in [-0.3, -0.25) is 29.3 Å². The van der Waals surface area contributed by atoms with Crippen LogP contribution in [0.5, 0.6) is 11.5 Å². The van der Waals surface area contributed by atoms with Gasteiger partial charge in [0.1, 0.15) is 17.2 Å². The smallest absolute Gasteiger partial charge is 0.329 e. The number of piperidine rings is 2. The summed E-state index contributed by atoms with van der Waals surface area (Å²) in [6, 6.07) is 20.0. The number of halogens is 3. The van der Waals surface area contributed by atoms with Crippen molar-refractivity contribution in [2.75, 3.05) is 51.3 Å². The second kappa shape index (κ2) is 20.4. The number of primary amides is 1. The van der Waals surface area contributed by atoms with Gasteiger partial charge in [-0.25, -0.2) is 13.6 Å². The van der Waals surface area contributed by atoms with E-state index in [-0.39, 0.29) is 69.4 Å². The molecule has 1 aliphatic carbocycles. The van der Waals surface area contributed by atoms with Gasteiger partial charge in [-0.1, -0.05) is 54.9 Å². The molecule has 3 atom stereocenters. The number of imide groups is 1. The van der Waals surface area contributed by atoms with Crippen LogP contribution in [0.3, 0.4) is 0 Å². The van der Waals surface area contributed by atoms with Crippen molar-refractivity contribution in [3.8, 4) is 22.6 Å². The molecular formula is C55H63ClF2N8O6. The molecule has 4 N–H and O–H groups in total. The largest absolute Gasteiger partial charge is 0.494 e. The molecule has 380 valence electrons. The lowest BCUT2D eigenvalue weighted by molar-refractivity contribution is -0.141. The Labute approximate surface area is 423 Å². The molecule has 17 heteroatoms. The molecule has 14 nitrogen and oxygen atoms in total. The number of carbonyl (C=O) groups excluding carboxylic acids is 4. The SMILES string of the molecule is COc1ccc(C(N)=O)c(-c2c(Cl)c(F)cc3c2[C@H](C)[C@@](CCNC2CCC(C(=O)N4CCCCC4CN4CCC(c5ccc6c(N7CCC(=O)NC7=O)nn(C)c6c5)CC4)CC2)(c2ccccc2)O3)c1F. The number of rotatable bonds is 13. The topological polar surface area (TPSA) is 164 Å². The van der Waals surface area contributed by atoms with E-state index in [4.69, 9.17) is 26.8 Å². The normalized spacial score (nSPS) is 24.0. The predicted molar refractivity (Wildman–Crippen MR) is 271 cm³/mol. The van der Waals surface area contributed by atoms with Crippen molar-refractivity contribution in [2.45, 2.75) is 107 Å². The van der Waals surface area contributed by atoms with E-state index in [0.717, 1.165) is 100 Å². The zero-order valence-electron chi connectivity index (χ0n) is 41.2. The first-order valence-corrected chi connectivity index (χ1v) is 25.9. The first kappa shape index (κ1) is 49.5. The third-order valence-corrected chi connectivity index (χ3v) is 16.7. The number of hydrogen-bond acceptors (Lipinski definition) is 9. The summed E-state index contributed by atoms with van der Waals surface area (Å²) >= 11 is 6.72. The fourth-order valence-corrected chi connectivity index (χ4v) is 12.7. The number of likely N-dealkylation sites (tertiary alicyclic amines) is 2. The zero-order chi connectivity index (χ0) is 50.4. The number of carbonyl (C=O) groups is 4. The Kier molecular flexibility index (Phi) is 14.0. The number of urea groups is 1. The van der Waals surface area contributed by atoms with Crippen molar-refractivity contribution in [1.29, 1.82) is 0 Å². The van der Waals surface area contributed by atoms with Crippen LogP contribution in [0.15, 0.2) is 66.7 Å². The van der Waals surface area contributed by atoms with Gasteiger partial charge in [-0.2, -0.15) is 5.10 Å². The van der Waals surface area contributed by atoms with Crippen LogP contribution in [-0.2, 0) is 22.2 Å². The molecule has 4 aliphatic heterocycles. The second-order valence-corrected chi connectivity index (χ2v) is 20.8. The molecule has 5 aliphatic rings. The highest BCUT2D eigenvalue weighted by atomic mass is 35.5. The monoisotopic (exact) mass is 1000 g/mol. The van der Waals surface area contributed by atoms with Gasteiger partial charge in [-0.05, 0) is 119 Å². The number of fused-ring (bicyclic) bond motifs is 2. The number of aromatic nitrogens is 2. The third-order valence-electron chi connectivity index (χ3n) is 16.4. The number of nitrogens with one attached hydrogen (secondary N) is 2. The van der Waals surface area contributed by atoms with E-state index >= 15 is 8.78 Å². The Hall–Kier alpha value is -6.10. The van der Waals surface area contributed by atoms with Crippen LogP contribution in [0, 0.1) is 17.6 Å². The van der Waals surface area contributed by atoms with E-state index in [2.05, 4.69) is 43.7 Å². The molecular weight excluding hydrogens is 942 g/mol. The fraction of sp³-hybridized carbons (Fsp3) is 0.473. The van der Waals surface area contributed by atoms with Crippen molar-refractivity contribution in [1.82, 2.24) is 30.2 Å². The van der Waals surface area contributed by atoms with Gasteiger partial charge >= 0.3 is 6.03 Å². The standard InChI is InChI=1S/C55H63ClF2N8O6/c1-32-46-44(30-41(57)49(56)48(46)47-40(51(59)68)18-19-43(71-3)50(47)58)72-55(32,36-9-5-4-6-10-36)23-24-60-37-15-12-34(13-16-37)53(69)65-25-8-7-11-38(65)31-64-26-20-33(21-27-64)35-14-17-39-42(29-35)63(2)62-52(39)66-28-22-45(67)61-54(66)70/h4-6,9-10,14,17-19,29-30,32-34,37-38,60H,7-8,11-13,15-16,20-28,31H2,1-3H3,(H2,59,68)(H,61,67,70)/t32-,34?,37?,38?,55-/m0/s1. The molecule has 0 spiro atoms. The molecule has 10 rings (SSSR count). The number of nitrogens with two attached hydrogens (primary N) is 1. The summed E-state index contributed by atoms with van der Waals surface area (Å²) < 4.78 is 46.0. The highest BCUT2D eigenvalue weighted by Crippen LogP contribution is 2.58. The lowest BCUT2D eigenvalue weighted by Gasteiger charge is -2.43. The number of nitrogens with zero attached hydrogens (tertiary/aromatic N) is 5. The summed E-state index contributed by atoms with van der Waals surface area (Å²) in [5, 5.41) is 11.4. The van der Waals surface area contributed by atoms with E-state index in [1.807, 2.05) is 49.0 Å². The number of aryl methyl sites for hydroxylation is 1. The van der Waals surface area contributed by atoms with Gasteiger partial charge in [0.25, 0.3) is 0 Å². The van der Waals surface area contributed by atoms with Crippen molar-refractivity contribution < 1.29 is 37.4 Å². The van der Waals surface area contributed by atoms with Crippen molar-refractivity contribution >= 4 is 52.1 Å². The molecule has 1 unspecified atom stereocenters. The Morgan fingerprint density at radius 2 is 1.71 bits per heavy atom. The number of anilines is 1. The van der Waals surface area contributed by atoms with Crippen molar-refractivity contribution in [3.05, 3.63) is 106 Å². The fourth-order valence-electron chi connectivity index (χ4n) is 12.4. The van der Waals surface area contributed by atoms with E-state index in [1.165, 1.54) is 30.9 Å². The van der Waals surface area contributed by atoms with Crippen LogP contribution in [0.4, 0.5) is 19.4 Å². The van der Waals surface area contributed by atoms with E-state index in [0.29, 0.717) is 36.8 Å². The Balaban J connectivity index is 0.757. The van der Waals surface area contributed by atoms with Crippen LogP contribution in [-0.4, -0.2) is 102 Å². The van der Waals surface area contributed by atoms with E-state index in [1.54, 1.807) is 4.90 Å². The molecule has 5 heterocycles. The average molecular weight is 1010 g/mol. The predicted octanol–water partition coefficient (Wildman–Crippen LogP) is 8.92. The molecule has 72 heavy (non-hydrogen) atoms. The minimum Gasteiger partial charge on any atom is -0.494 e. The Morgan fingerprint density at radius 3 is 2.43 bits per heavy atom. The molecule has 5 amide bonds. The molecule has 5 aromatic rings. The zero-order valence-corrected chi connectivity index (χ0v) is 41.9. The maximum atomic E-state index is 16.3.